The van der Waals surface area contributed by atoms with Gasteiger partial charge in [-0.1, -0.05) is 31.5 Å². The summed E-state index contributed by atoms with van der Waals surface area (Å²) in [6.45, 7) is 3.74. The Morgan fingerprint density at radius 2 is 2.11 bits per heavy atom. The molecule has 0 spiro atoms. The number of piperidine rings is 1. The molecule has 3 atom stereocenters. The van der Waals surface area contributed by atoms with Crippen molar-refractivity contribution in [2.24, 2.45) is 11.8 Å². The Labute approximate surface area is 166 Å². The number of amides is 1. The molecule has 1 unspecified atom stereocenters. The second-order valence-electron chi connectivity index (χ2n) is 7.62. The minimum Gasteiger partial charge on any atom is -0.504 e. The molecule has 2 aliphatic rings. The maximum absolute atomic E-state index is 12.4. The van der Waals surface area contributed by atoms with E-state index in [9.17, 15) is 9.59 Å². The molecule has 0 saturated carbocycles. The third kappa shape index (κ3) is 4.38. The Morgan fingerprint density at radius 3 is 2.82 bits per heavy atom. The minimum absolute atomic E-state index is 0.0535. The number of benzene rings is 1. The van der Waals surface area contributed by atoms with Crippen molar-refractivity contribution < 1.29 is 19.1 Å². The first-order chi connectivity index (χ1) is 13.6. The van der Waals surface area contributed by atoms with Gasteiger partial charge >= 0.3 is 5.97 Å². The quantitative estimate of drug-likeness (QED) is 0.489. The second-order valence-corrected chi connectivity index (χ2v) is 7.62. The molecule has 1 amide bonds. The van der Waals surface area contributed by atoms with Crippen LogP contribution >= 0.6 is 0 Å². The lowest BCUT2D eigenvalue weighted by atomic mass is 9.75. The van der Waals surface area contributed by atoms with Crippen LogP contribution in [0.1, 0.15) is 31.7 Å². The molecule has 28 heavy (non-hydrogen) atoms. The fourth-order valence-corrected chi connectivity index (χ4v) is 4.56. The predicted molar refractivity (Wildman–Crippen MR) is 108 cm³/mol. The zero-order chi connectivity index (χ0) is 20.1. The van der Waals surface area contributed by atoms with Crippen LogP contribution in [-0.4, -0.2) is 50.1 Å². The molecule has 2 heterocycles. The maximum Gasteiger partial charge on any atom is 0.337 e. The van der Waals surface area contributed by atoms with E-state index < -0.39 is 0 Å². The van der Waals surface area contributed by atoms with Gasteiger partial charge in [-0.15, -0.1) is 0 Å². The number of hydrogen-bond donors (Lipinski definition) is 1. The third-order valence-corrected chi connectivity index (χ3v) is 6.04. The van der Waals surface area contributed by atoms with Crippen LogP contribution in [-0.2, 0) is 25.5 Å². The van der Waals surface area contributed by atoms with E-state index in [1.807, 2.05) is 18.2 Å². The molecule has 1 saturated heterocycles. The molecule has 0 aromatic heterocycles. The van der Waals surface area contributed by atoms with E-state index >= 15 is 0 Å². The second kappa shape index (κ2) is 9.24. The summed E-state index contributed by atoms with van der Waals surface area (Å²) in [6, 6.07) is 8.25. The molecule has 1 N–H and O–H groups in total. The van der Waals surface area contributed by atoms with E-state index in [2.05, 4.69) is 23.2 Å². The number of carbonyl (C=O) groups is 2. The SMILES string of the molecule is CC[C@@H]1CN2CCC(=O)Nc3ccccc3CC2C[C@@H]1C(=COC)C(=O)OC. The molecule has 6 nitrogen and oxygen atoms in total. The minimum atomic E-state index is -0.320. The summed E-state index contributed by atoms with van der Waals surface area (Å²) in [7, 11) is 2.97. The number of ether oxygens (including phenoxy) is 2. The summed E-state index contributed by atoms with van der Waals surface area (Å²) >= 11 is 0. The van der Waals surface area contributed by atoms with Crippen molar-refractivity contribution in [2.45, 2.75) is 38.6 Å². The Morgan fingerprint density at radius 1 is 1.32 bits per heavy atom. The maximum atomic E-state index is 12.4. The number of nitrogens with one attached hydrogen (secondary N) is 1. The van der Waals surface area contributed by atoms with Crippen molar-refractivity contribution in [1.82, 2.24) is 4.90 Å². The van der Waals surface area contributed by atoms with Crippen LogP contribution < -0.4 is 5.32 Å². The summed E-state index contributed by atoms with van der Waals surface area (Å²) < 4.78 is 10.2. The molecule has 1 aromatic rings. The van der Waals surface area contributed by atoms with Crippen LogP contribution in [0.3, 0.4) is 0 Å². The number of rotatable bonds is 4. The largest absolute Gasteiger partial charge is 0.504 e. The number of nitrogens with zero attached hydrogens (tertiary/aromatic N) is 1. The van der Waals surface area contributed by atoms with Crippen molar-refractivity contribution in [2.75, 3.05) is 32.6 Å². The number of carbonyl (C=O) groups excluding carboxylic acids is 2. The zero-order valence-electron chi connectivity index (χ0n) is 16.9. The van der Waals surface area contributed by atoms with Crippen LogP contribution in [0, 0.1) is 11.8 Å². The highest BCUT2D eigenvalue weighted by Crippen LogP contribution is 2.38. The lowest BCUT2D eigenvalue weighted by molar-refractivity contribution is -0.137. The van der Waals surface area contributed by atoms with Gasteiger partial charge in [-0.2, -0.15) is 0 Å². The number of esters is 1. The lowest BCUT2D eigenvalue weighted by Gasteiger charge is -2.44. The van der Waals surface area contributed by atoms with Gasteiger partial charge in [0.1, 0.15) is 0 Å². The predicted octanol–water partition coefficient (Wildman–Crippen LogP) is 2.99. The molecule has 6 heteroatoms. The van der Waals surface area contributed by atoms with Crippen LogP contribution in [0.5, 0.6) is 0 Å². The lowest BCUT2D eigenvalue weighted by Crippen LogP contribution is -2.49. The van der Waals surface area contributed by atoms with E-state index in [0.717, 1.165) is 43.6 Å². The fraction of sp³-hybridized carbons (Fsp3) is 0.545. The molecule has 0 radical (unpaired) electrons. The number of para-hydroxylation sites is 1. The summed E-state index contributed by atoms with van der Waals surface area (Å²) in [5, 5.41) is 3.05. The average Bonchev–Trinajstić information content (AvgIpc) is 2.77. The summed E-state index contributed by atoms with van der Waals surface area (Å²) in [4.78, 5) is 27.2. The molecule has 1 aromatic carbocycles. The van der Waals surface area contributed by atoms with Gasteiger partial charge < -0.3 is 14.8 Å². The van der Waals surface area contributed by atoms with Gasteiger partial charge in [-0.3, -0.25) is 9.69 Å². The van der Waals surface area contributed by atoms with Gasteiger partial charge in [0, 0.05) is 31.2 Å². The smallest absolute Gasteiger partial charge is 0.337 e. The standard InChI is InChI=1S/C22H30N2O4/c1-4-15-13-24-10-9-21(25)23-20-8-6-5-7-16(20)11-17(24)12-18(15)19(14-27-2)22(26)28-3/h5-8,14-15,17-18H,4,9-13H2,1-3H3,(H,23,25)/t15-,17?,18+/m1/s1. The van der Waals surface area contributed by atoms with E-state index in [4.69, 9.17) is 9.47 Å². The number of methoxy groups -OCH3 is 2. The molecule has 3 rings (SSSR count). The Bertz CT molecular complexity index is 746. The Kier molecular flexibility index (Phi) is 6.73. The van der Waals surface area contributed by atoms with Gasteiger partial charge in [0.15, 0.2) is 0 Å². The fourth-order valence-electron chi connectivity index (χ4n) is 4.56. The number of anilines is 1. The van der Waals surface area contributed by atoms with Crippen LogP contribution in [0.2, 0.25) is 0 Å². The Hall–Kier alpha value is -2.34. The van der Waals surface area contributed by atoms with Crippen LogP contribution in [0.4, 0.5) is 5.69 Å². The molecule has 152 valence electrons. The first kappa shape index (κ1) is 20.4. The number of hydrogen-bond acceptors (Lipinski definition) is 5. The normalized spacial score (nSPS) is 26.0. The van der Waals surface area contributed by atoms with E-state index in [1.54, 1.807) is 13.4 Å². The summed E-state index contributed by atoms with van der Waals surface area (Å²) in [6.07, 6.45) is 4.65. The van der Waals surface area contributed by atoms with Crippen molar-refractivity contribution >= 4 is 17.6 Å². The molecule has 0 bridgehead atoms. The summed E-state index contributed by atoms with van der Waals surface area (Å²) in [5.74, 6) is 0.128. The van der Waals surface area contributed by atoms with Gasteiger partial charge in [0.05, 0.1) is 26.1 Å². The van der Waals surface area contributed by atoms with E-state index in [0.29, 0.717) is 17.9 Å². The van der Waals surface area contributed by atoms with Crippen molar-refractivity contribution in [3.63, 3.8) is 0 Å². The highest BCUT2D eigenvalue weighted by atomic mass is 16.5. The first-order valence-corrected chi connectivity index (χ1v) is 10.00. The van der Waals surface area contributed by atoms with Crippen molar-refractivity contribution in [3.8, 4) is 0 Å². The highest BCUT2D eigenvalue weighted by molar-refractivity contribution is 5.91. The molecular formula is C22H30N2O4. The average molecular weight is 386 g/mol. The van der Waals surface area contributed by atoms with E-state index in [1.165, 1.54) is 7.11 Å². The number of fused-ring (bicyclic) bond motifs is 2. The van der Waals surface area contributed by atoms with Gasteiger partial charge in [-0.25, -0.2) is 4.79 Å². The topological polar surface area (TPSA) is 67.9 Å². The summed E-state index contributed by atoms with van der Waals surface area (Å²) in [5.41, 5.74) is 2.64. The van der Waals surface area contributed by atoms with Gasteiger partial charge in [0.25, 0.3) is 0 Å². The first-order valence-electron chi connectivity index (χ1n) is 10.00. The molecule has 0 aliphatic carbocycles. The Balaban J connectivity index is 1.92. The molecule has 2 aliphatic heterocycles. The molecule has 1 fully saturated rings. The van der Waals surface area contributed by atoms with Crippen LogP contribution in [0.25, 0.3) is 0 Å². The monoisotopic (exact) mass is 386 g/mol. The van der Waals surface area contributed by atoms with Gasteiger partial charge in [-0.05, 0) is 36.3 Å². The van der Waals surface area contributed by atoms with Crippen molar-refractivity contribution in [3.05, 3.63) is 41.7 Å². The van der Waals surface area contributed by atoms with Crippen LogP contribution in [0.15, 0.2) is 36.1 Å². The molecular weight excluding hydrogens is 356 g/mol. The highest BCUT2D eigenvalue weighted by Gasteiger charge is 2.39. The van der Waals surface area contributed by atoms with Crippen molar-refractivity contribution in [1.29, 1.82) is 0 Å². The zero-order valence-corrected chi connectivity index (χ0v) is 16.9. The van der Waals surface area contributed by atoms with Gasteiger partial charge in [0.2, 0.25) is 5.91 Å². The van der Waals surface area contributed by atoms with E-state index in [-0.39, 0.29) is 23.8 Å². The third-order valence-electron chi connectivity index (χ3n) is 6.04.